The summed E-state index contributed by atoms with van der Waals surface area (Å²) in [6.45, 7) is 7.35. The van der Waals surface area contributed by atoms with Crippen LogP contribution in [-0.2, 0) is 20.9 Å². The fourth-order valence-corrected chi connectivity index (χ4v) is 7.01. The zero-order valence-corrected chi connectivity index (χ0v) is 23.4. The summed E-state index contributed by atoms with van der Waals surface area (Å²) in [6, 6.07) is 2.23. The standard InChI is InChI=1S/C27H34N4O4S2/c1-4-12-30-23(29-13-8-9-18(16-29)26(34)35-5-2)20(17(3)21(15-28)24(30)32)14-22-25(33)31(27(36)37-22)19-10-6-7-11-19/h14,18-19H,4-13,16H2,1-3H3/b22-14+. The van der Waals surface area contributed by atoms with Gasteiger partial charge in [-0.2, -0.15) is 5.26 Å². The molecule has 1 aromatic heterocycles. The lowest BCUT2D eigenvalue weighted by atomic mass is 9.96. The molecular formula is C27H34N4O4S2. The third-order valence-corrected chi connectivity index (χ3v) is 8.75. The maximum absolute atomic E-state index is 13.5. The van der Waals surface area contributed by atoms with Crippen LogP contribution in [0.1, 0.15) is 75.5 Å². The molecule has 1 saturated carbocycles. The number of aromatic nitrogens is 1. The van der Waals surface area contributed by atoms with Crippen LogP contribution in [0.25, 0.3) is 6.08 Å². The van der Waals surface area contributed by atoms with Gasteiger partial charge in [-0.3, -0.25) is 23.9 Å². The van der Waals surface area contributed by atoms with E-state index in [4.69, 9.17) is 17.0 Å². The van der Waals surface area contributed by atoms with Crippen LogP contribution < -0.4 is 10.5 Å². The van der Waals surface area contributed by atoms with Gasteiger partial charge in [0.15, 0.2) is 0 Å². The number of nitriles is 1. The van der Waals surface area contributed by atoms with Crippen LogP contribution in [0.4, 0.5) is 5.82 Å². The largest absolute Gasteiger partial charge is 0.466 e. The van der Waals surface area contributed by atoms with Gasteiger partial charge >= 0.3 is 5.97 Å². The van der Waals surface area contributed by atoms with Gasteiger partial charge in [0, 0.05) is 31.2 Å². The van der Waals surface area contributed by atoms with Gasteiger partial charge in [-0.1, -0.05) is 43.7 Å². The highest BCUT2D eigenvalue weighted by Gasteiger charge is 2.39. The van der Waals surface area contributed by atoms with Gasteiger partial charge in [0.05, 0.1) is 17.4 Å². The molecule has 0 radical (unpaired) electrons. The van der Waals surface area contributed by atoms with Gasteiger partial charge in [-0.15, -0.1) is 0 Å². The van der Waals surface area contributed by atoms with Crippen molar-refractivity contribution in [3.05, 3.63) is 31.9 Å². The second-order valence-electron chi connectivity index (χ2n) is 9.83. The number of amides is 1. The lowest BCUT2D eigenvalue weighted by Gasteiger charge is -2.36. The van der Waals surface area contributed by atoms with Gasteiger partial charge in [0.2, 0.25) is 0 Å². The lowest BCUT2D eigenvalue weighted by Crippen LogP contribution is -2.43. The summed E-state index contributed by atoms with van der Waals surface area (Å²) in [5, 5.41) is 9.87. The van der Waals surface area contributed by atoms with E-state index < -0.39 is 0 Å². The van der Waals surface area contributed by atoms with Crippen LogP contribution in [0.3, 0.4) is 0 Å². The van der Waals surface area contributed by atoms with Gasteiger partial charge in [-0.05, 0) is 57.6 Å². The minimum Gasteiger partial charge on any atom is -0.466 e. The third-order valence-electron chi connectivity index (χ3n) is 7.42. The van der Waals surface area contributed by atoms with E-state index >= 15 is 0 Å². The van der Waals surface area contributed by atoms with Gasteiger partial charge < -0.3 is 9.64 Å². The number of hydrogen-bond donors (Lipinski definition) is 0. The summed E-state index contributed by atoms with van der Waals surface area (Å²) in [4.78, 5) is 43.8. The highest BCUT2D eigenvalue weighted by Crippen LogP contribution is 2.40. The number of rotatable bonds is 7. The number of carbonyl (C=O) groups is 2. The minimum absolute atomic E-state index is 0.0775. The van der Waals surface area contributed by atoms with Crippen molar-refractivity contribution < 1.29 is 14.3 Å². The van der Waals surface area contributed by atoms with E-state index in [1.807, 2.05) is 6.92 Å². The van der Waals surface area contributed by atoms with Gasteiger partial charge in [-0.25, -0.2) is 0 Å². The quantitative estimate of drug-likeness (QED) is 0.285. The first-order valence-electron chi connectivity index (χ1n) is 13.2. The number of thiocarbonyl (C=S) groups is 1. The van der Waals surface area contributed by atoms with E-state index in [1.54, 1.807) is 29.4 Å². The summed E-state index contributed by atoms with van der Waals surface area (Å²) in [5.41, 5.74) is 0.944. The number of ether oxygens (including phenoxy) is 1. The molecule has 3 fully saturated rings. The molecule has 1 unspecified atom stereocenters. The zero-order valence-electron chi connectivity index (χ0n) is 21.7. The molecule has 0 aromatic carbocycles. The van der Waals surface area contributed by atoms with Crippen LogP contribution in [0.2, 0.25) is 0 Å². The van der Waals surface area contributed by atoms with Crippen LogP contribution in [0.5, 0.6) is 0 Å². The topological polar surface area (TPSA) is 95.6 Å². The third kappa shape index (κ3) is 5.34. The first-order valence-corrected chi connectivity index (χ1v) is 14.4. The number of piperidine rings is 1. The normalized spacial score (nSPS) is 21.7. The molecule has 3 heterocycles. The van der Waals surface area contributed by atoms with Crippen LogP contribution in [-0.4, -0.2) is 51.4 Å². The Bertz CT molecular complexity index is 1230. The molecule has 0 spiro atoms. The fourth-order valence-electron chi connectivity index (χ4n) is 5.63. The molecule has 2 aliphatic heterocycles. The Labute approximate surface area is 227 Å². The molecule has 3 aliphatic rings. The van der Waals surface area contributed by atoms with Crippen LogP contribution in [0.15, 0.2) is 9.70 Å². The van der Waals surface area contributed by atoms with Crippen molar-refractivity contribution >= 4 is 52.1 Å². The average Bonchev–Trinajstić information content (AvgIpc) is 3.50. The van der Waals surface area contributed by atoms with Crippen molar-refractivity contribution in [2.45, 2.75) is 78.3 Å². The van der Waals surface area contributed by atoms with Crippen molar-refractivity contribution in [3.63, 3.8) is 0 Å². The number of nitrogens with zero attached hydrogens (tertiary/aromatic N) is 4. The molecule has 1 aromatic rings. The second kappa shape index (κ2) is 11.8. The van der Waals surface area contributed by atoms with Crippen molar-refractivity contribution in [3.8, 4) is 6.07 Å². The highest BCUT2D eigenvalue weighted by atomic mass is 32.2. The molecule has 8 nitrogen and oxygen atoms in total. The number of thioether (sulfide) groups is 1. The Balaban J connectivity index is 1.84. The van der Waals surface area contributed by atoms with E-state index in [9.17, 15) is 19.6 Å². The molecule has 1 aliphatic carbocycles. The summed E-state index contributed by atoms with van der Waals surface area (Å²) >= 11 is 6.88. The Morgan fingerprint density at radius 2 is 1.95 bits per heavy atom. The average molecular weight is 543 g/mol. The molecule has 0 N–H and O–H groups in total. The summed E-state index contributed by atoms with van der Waals surface area (Å²) < 4.78 is 7.50. The van der Waals surface area contributed by atoms with E-state index in [2.05, 4.69) is 11.0 Å². The highest BCUT2D eigenvalue weighted by molar-refractivity contribution is 8.26. The summed E-state index contributed by atoms with van der Waals surface area (Å²) in [6.07, 6.45) is 8.07. The van der Waals surface area contributed by atoms with Crippen molar-refractivity contribution in [1.82, 2.24) is 9.47 Å². The second-order valence-corrected chi connectivity index (χ2v) is 11.5. The van der Waals surface area contributed by atoms with Crippen LogP contribution in [0, 0.1) is 24.2 Å². The van der Waals surface area contributed by atoms with E-state index in [1.165, 1.54) is 11.8 Å². The van der Waals surface area contributed by atoms with Crippen LogP contribution >= 0.6 is 24.0 Å². The minimum atomic E-state index is -0.342. The van der Waals surface area contributed by atoms with Crippen molar-refractivity contribution in [2.24, 2.45) is 5.92 Å². The zero-order chi connectivity index (χ0) is 26.7. The predicted molar refractivity (Wildman–Crippen MR) is 149 cm³/mol. The van der Waals surface area contributed by atoms with E-state index in [0.29, 0.717) is 58.8 Å². The number of pyridine rings is 1. The molecular weight excluding hydrogens is 508 g/mol. The molecule has 37 heavy (non-hydrogen) atoms. The molecule has 4 rings (SSSR count). The maximum Gasteiger partial charge on any atom is 0.310 e. The Kier molecular flexibility index (Phi) is 8.75. The number of carbonyl (C=O) groups excluding carboxylic acids is 2. The number of esters is 1. The Morgan fingerprint density at radius 3 is 2.59 bits per heavy atom. The van der Waals surface area contributed by atoms with E-state index in [-0.39, 0.29) is 35.0 Å². The number of hydrogen-bond acceptors (Lipinski definition) is 8. The molecule has 1 amide bonds. The predicted octanol–water partition coefficient (Wildman–Crippen LogP) is 4.36. The lowest BCUT2D eigenvalue weighted by molar-refractivity contribution is -0.148. The smallest absolute Gasteiger partial charge is 0.310 e. The summed E-state index contributed by atoms with van der Waals surface area (Å²) in [5.74, 6) is 0.00900. The molecule has 198 valence electrons. The molecule has 1 atom stereocenters. The monoisotopic (exact) mass is 542 g/mol. The van der Waals surface area contributed by atoms with Gasteiger partial charge in [0.1, 0.15) is 21.8 Å². The fraction of sp³-hybridized carbons (Fsp3) is 0.593. The van der Waals surface area contributed by atoms with E-state index in [0.717, 1.165) is 38.5 Å². The maximum atomic E-state index is 13.5. The Hall–Kier alpha value is -2.64. The molecule has 0 bridgehead atoms. The first-order chi connectivity index (χ1) is 17.8. The number of anilines is 1. The van der Waals surface area contributed by atoms with Gasteiger partial charge in [0.25, 0.3) is 11.5 Å². The SMILES string of the molecule is CCCn1c(N2CCCC(C(=O)OCC)C2)c(/C=C2/SC(=S)N(C3CCCC3)C2=O)c(C)c(C#N)c1=O. The Morgan fingerprint density at radius 1 is 1.22 bits per heavy atom. The molecule has 2 saturated heterocycles. The first kappa shape index (κ1) is 27.4. The summed E-state index contributed by atoms with van der Waals surface area (Å²) in [7, 11) is 0. The van der Waals surface area contributed by atoms with Crippen molar-refractivity contribution in [2.75, 3.05) is 24.6 Å². The molecule has 10 heteroatoms. The van der Waals surface area contributed by atoms with Crippen molar-refractivity contribution in [1.29, 1.82) is 5.26 Å².